The van der Waals surface area contributed by atoms with E-state index in [1.54, 1.807) is 29.1 Å². The average molecular weight is 397 g/mol. The second-order valence-corrected chi connectivity index (χ2v) is 7.44. The van der Waals surface area contributed by atoms with E-state index in [9.17, 15) is 14.0 Å². The van der Waals surface area contributed by atoms with Crippen molar-refractivity contribution >= 4 is 22.7 Å². The number of benzene rings is 1. The molecule has 2 amide bonds. The molecule has 2 N–H and O–H groups in total. The number of piperidine rings is 1. The Bertz CT molecular complexity index is 1040. The molecule has 1 fully saturated rings. The first-order valence-corrected chi connectivity index (χ1v) is 9.92. The Balaban J connectivity index is 1.35. The number of aromatic nitrogens is 3. The molecule has 1 saturated heterocycles. The summed E-state index contributed by atoms with van der Waals surface area (Å²) in [5.41, 5.74) is 1.58. The molecule has 7 nitrogen and oxygen atoms in total. The molecule has 3 heterocycles. The SMILES string of the molecule is CCn1ccc(C(=O)N2CCCC(CNC(=O)c3cc4cc(F)ccc4[nH]3)C2)n1. The molecule has 4 rings (SSSR count). The third kappa shape index (κ3) is 4.16. The molecule has 1 atom stereocenters. The molecule has 2 aromatic heterocycles. The van der Waals surface area contributed by atoms with Crippen LogP contribution in [-0.2, 0) is 6.54 Å². The highest BCUT2D eigenvalue weighted by Gasteiger charge is 2.26. The van der Waals surface area contributed by atoms with E-state index in [0.717, 1.165) is 24.9 Å². The largest absolute Gasteiger partial charge is 0.351 e. The lowest BCUT2D eigenvalue weighted by molar-refractivity contribution is 0.0664. The highest BCUT2D eigenvalue weighted by molar-refractivity contribution is 5.98. The van der Waals surface area contributed by atoms with Crippen molar-refractivity contribution in [3.8, 4) is 0 Å². The van der Waals surface area contributed by atoms with Gasteiger partial charge in [0.2, 0.25) is 0 Å². The molecule has 0 aliphatic carbocycles. The molecule has 1 aliphatic rings. The minimum absolute atomic E-state index is 0.0640. The highest BCUT2D eigenvalue weighted by Crippen LogP contribution is 2.19. The number of carbonyl (C=O) groups excluding carboxylic acids is 2. The number of hydrogen-bond acceptors (Lipinski definition) is 3. The number of rotatable bonds is 5. The average Bonchev–Trinajstić information content (AvgIpc) is 3.38. The summed E-state index contributed by atoms with van der Waals surface area (Å²) in [5.74, 6) is -0.441. The minimum atomic E-state index is -0.334. The van der Waals surface area contributed by atoms with E-state index in [0.29, 0.717) is 36.4 Å². The van der Waals surface area contributed by atoms with Gasteiger partial charge in [0.1, 0.15) is 17.2 Å². The van der Waals surface area contributed by atoms with Gasteiger partial charge in [-0.25, -0.2) is 4.39 Å². The van der Waals surface area contributed by atoms with Crippen molar-refractivity contribution in [2.75, 3.05) is 19.6 Å². The molecule has 1 aromatic carbocycles. The van der Waals surface area contributed by atoms with Crippen LogP contribution in [0.15, 0.2) is 36.5 Å². The van der Waals surface area contributed by atoms with Crippen LogP contribution >= 0.6 is 0 Å². The molecule has 1 unspecified atom stereocenters. The normalized spacial score (nSPS) is 16.9. The van der Waals surface area contributed by atoms with Gasteiger partial charge in [-0.3, -0.25) is 14.3 Å². The summed E-state index contributed by atoms with van der Waals surface area (Å²) in [4.78, 5) is 30.0. The van der Waals surface area contributed by atoms with Gasteiger partial charge in [0, 0.05) is 43.3 Å². The van der Waals surface area contributed by atoms with Crippen LogP contribution in [0.25, 0.3) is 10.9 Å². The molecule has 0 radical (unpaired) electrons. The zero-order valence-corrected chi connectivity index (χ0v) is 16.3. The maximum Gasteiger partial charge on any atom is 0.274 e. The quantitative estimate of drug-likeness (QED) is 0.695. The van der Waals surface area contributed by atoms with Crippen molar-refractivity contribution in [1.82, 2.24) is 25.0 Å². The van der Waals surface area contributed by atoms with Gasteiger partial charge >= 0.3 is 0 Å². The van der Waals surface area contributed by atoms with Crippen molar-refractivity contribution < 1.29 is 14.0 Å². The fraction of sp³-hybridized carbons (Fsp3) is 0.381. The van der Waals surface area contributed by atoms with E-state index >= 15 is 0 Å². The summed E-state index contributed by atoms with van der Waals surface area (Å²) in [6.45, 7) is 4.48. The Morgan fingerprint density at radius 1 is 1.31 bits per heavy atom. The first kappa shape index (κ1) is 19.2. The van der Waals surface area contributed by atoms with Crippen molar-refractivity contribution in [2.45, 2.75) is 26.3 Å². The van der Waals surface area contributed by atoms with Crippen LogP contribution in [0.3, 0.4) is 0 Å². The lowest BCUT2D eigenvalue weighted by Crippen LogP contribution is -2.43. The number of carbonyl (C=O) groups is 2. The number of fused-ring (bicyclic) bond motifs is 1. The number of hydrogen-bond donors (Lipinski definition) is 2. The predicted molar refractivity (Wildman–Crippen MR) is 107 cm³/mol. The minimum Gasteiger partial charge on any atom is -0.351 e. The first-order chi connectivity index (χ1) is 14.0. The van der Waals surface area contributed by atoms with Gasteiger partial charge in [0.05, 0.1) is 0 Å². The number of likely N-dealkylation sites (tertiary alicyclic amines) is 1. The Hall–Kier alpha value is -3.16. The molecule has 0 spiro atoms. The third-order valence-corrected chi connectivity index (χ3v) is 5.37. The summed E-state index contributed by atoms with van der Waals surface area (Å²) in [6.07, 6.45) is 3.65. The van der Waals surface area contributed by atoms with Gasteiger partial charge in [-0.15, -0.1) is 0 Å². The van der Waals surface area contributed by atoms with Crippen LogP contribution in [0.5, 0.6) is 0 Å². The van der Waals surface area contributed by atoms with Crippen LogP contribution in [0.2, 0.25) is 0 Å². The summed E-state index contributed by atoms with van der Waals surface area (Å²) in [7, 11) is 0. The molecule has 0 saturated carbocycles. The van der Waals surface area contributed by atoms with Crippen LogP contribution in [0, 0.1) is 11.7 Å². The molecule has 0 bridgehead atoms. The number of H-pyrrole nitrogens is 1. The smallest absolute Gasteiger partial charge is 0.274 e. The molecule has 152 valence electrons. The van der Waals surface area contributed by atoms with Gasteiger partial charge in [-0.2, -0.15) is 5.10 Å². The Morgan fingerprint density at radius 2 is 2.17 bits per heavy atom. The highest BCUT2D eigenvalue weighted by atomic mass is 19.1. The number of nitrogens with one attached hydrogen (secondary N) is 2. The molecular weight excluding hydrogens is 373 g/mol. The fourth-order valence-electron chi connectivity index (χ4n) is 3.79. The standard InChI is InChI=1S/C21H24FN5O2/c1-2-27-9-7-18(25-27)21(29)26-8-3-4-14(13-26)12-23-20(28)19-11-15-10-16(22)5-6-17(15)24-19/h5-7,9-11,14,24H,2-4,8,12-13H2,1H3,(H,23,28). The van der Waals surface area contributed by atoms with Crippen LogP contribution in [0.1, 0.15) is 40.7 Å². The second kappa shape index (κ2) is 8.06. The number of nitrogens with zero attached hydrogens (tertiary/aromatic N) is 3. The van der Waals surface area contributed by atoms with Crippen molar-refractivity contribution in [3.63, 3.8) is 0 Å². The first-order valence-electron chi connectivity index (χ1n) is 9.92. The Morgan fingerprint density at radius 3 is 2.97 bits per heavy atom. The van der Waals surface area contributed by atoms with Gasteiger partial charge in [-0.05, 0) is 56.0 Å². The number of halogens is 1. The monoisotopic (exact) mass is 397 g/mol. The summed E-state index contributed by atoms with van der Waals surface area (Å²) in [5, 5.41) is 7.89. The zero-order chi connectivity index (χ0) is 20.4. The summed E-state index contributed by atoms with van der Waals surface area (Å²) < 4.78 is 15.1. The van der Waals surface area contributed by atoms with E-state index in [-0.39, 0.29) is 23.5 Å². The Labute approximate surface area is 167 Å². The number of aromatic amines is 1. The van der Waals surface area contributed by atoms with Crippen LogP contribution in [0.4, 0.5) is 4.39 Å². The zero-order valence-electron chi connectivity index (χ0n) is 16.3. The van der Waals surface area contributed by atoms with E-state index in [4.69, 9.17) is 0 Å². The second-order valence-electron chi connectivity index (χ2n) is 7.44. The molecule has 29 heavy (non-hydrogen) atoms. The topological polar surface area (TPSA) is 83.0 Å². The lowest BCUT2D eigenvalue weighted by Gasteiger charge is -2.32. The van der Waals surface area contributed by atoms with E-state index in [1.165, 1.54) is 12.1 Å². The summed E-state index contributed by atoms with van der Waals surface area (Å²) >= 11 is 0. The van der Waals surface area contributed by atoms with Crippen molar-refractivity contribution in [1.29, 1.82) is 0 Å². The van der Waals surface area contributed by atoms with E-state index in [2.05, 4.69) is 15.4 Å². The Kier molecular flexibility index (Phi) is 5.33. The van der Waals surface area contributed by atoms with Crippen LogP contribution < -0.4 is 5.32 Å². The molecule has 1 aliphatic heterocycles. The number of aryl methyl sites for hydroxylation is 1. The third-order valence-electron chi connectivity index (χ3n) is 5.37. The van der Waals surface area contributed by atoms with Crippen LogP contribution in [-0.4, -0.2) is 51.1 Å². The van der Waals surface area contributed by atoms with E-state index in [1.807, 2.05) is 11.8 Å². The summed E-state index contributed by atoms with van der Waals surface area (Å²) in [6, 6.07) is 7.77. The maximum atomic E-state index is 13.3. The van der Waals surface area contributed by atoms with Crippen molar-refractivity contribution in [2.24, 2.45) is 5.92 Å². The fourth-order valence-corrected chi connectivity index (χ4v) is 3.79. The molecule has 8 heteroatoms. The lowest BCUT2D eigenvalue weighted by atomic mass is 9.97. The number of amides is 2. The van der Waals surface area contributed by atoms with E-state index < -0.39 is 0 Å². The van der Waals surface area contributed by atoms with Crippen molar-refractivity contribution in [3.05, 3.63) is 53.7 Å². The molecular formula is C21H24FN5O2. The van der Waals surface area contributed by atoms with Gasteiger partial charge in [0.25, 0.3) is 11.8 Å². The maximum absolute atomic E-state index is 13.3. The van der Waals surface area contributed by atoms with Gasteiger partial charge in [-0.1, -0.05) is 0 Å². The predicted octanol–water partition coefficient (Wildman–Crippen LogP) is 2.81. The molecule has 3 aromatic rings. The van der Waals surface area contributed by atoms with Gasteiger partial charge < -0.3 is 15.2 Å². The van der Waals surface area contributed by atoms with Gasteiger partial charge in [0.15, 0.2) is 0 Å².